The number of carbonyl (C=O) groups is 2. The van der Waals surface area contributed by atoms with E-state index in [0.717, 1.165) is 19.4 Å². The standard InChI is InChI=1S/C14H21N3O4/c1-10-8-13(16-21-10)17(11(2)18)6-5-14(19)15-9-12-4-3-7-20-12/h8,12H,3-7,9H2,1-2H3,(H,15,19). The van der Waals surface area contributed by atoms with Crippen molar-refractivity contribution >= 4 is 17.6 Å². The maximum atomic E-state index is 11.8. The summed E-state index contributed by atoms with van der Waals surface area (Å²) in [5.74, 6) is 0.790. The lowest BCUT2D eigenvalue weighted by molar-refractivity contribution is -0.121. The summed E-state index contributed by atoms with van der Waals surface area (Å²) in [6.45, 7) is 4.77. The largest absolute Gasteiger partial charge is 0.376 e. The van der Waals surface area contributed by atoms with E-state index in [1.165, 1.54) is 11.8 Å². The van der Waals surface area contributed by atoms with Crippen molar-refractivity contribution in [2.24, 2.45) is 0 Å². The van der Waals surface area contributed by atoms with Crippen LogP contribution in [0.25, 0.3) is 0 Å². The first kappa shape index (κ1) is 15.5. The van der Waals surface area contributed by atoms with Gasteiger partial charge in [0.1, 0.15) is 5.76 Å². The lowest BCUT2D eigenvalue weighted by Gasteiger charge is -2.17. The Morgan fingerprint density at radius 3 is 2.90 bits per heavy atom. The van der Waals surface area contributed by atoms with Crippen LogP contribution < -0.4 is 10.2 Å². The first-order chi connectivity index (χ1) is 10.1. The summed E-state index contributed by atoms with van der Waals surface area (Å²) in [5, 5.41) is 6.63. The molecule has 1 aliphatic rings. The zero-order valence-electron chi connectivity index (χ0n) is 12.4. The van der Waals surface area contributed by atoms with Crippen molar-refractivity contribution in [3.8, 4) is 0 Å². The van der Waals surface area contributed by atoms with Gasteiger partial charge in [0.15, 0.2) is 5.82 Å². The van der Waals surface area contributed by atoms with Crippen LogP contribution in [0.1, 0.15) is 31.9 Å². The lowest BCUT2D eigenvalue weighted by Crippen LogP contribution is -2.36. The molecule has 1 unspecified atom stereocenters. The van der Waals surface area contributed by atoms with Gasteiger partial charge in [-0.3, -0.25) is 14.5 Å². The minimum Gasteiger partial charge on any atom is -0.376 e. The highest BCUT2D eigenvalue weighted by molar-refractivity contribution is 5.91. The summed E-state index contributed by atoms with van der Waals surface area (Å²) >= 11 is 0. The Labute approximate surface area is 123 Å². The minimum atomic E-state index is -0.171. The van der Waals surface area contributed by atoms with Crippen molar-refractivity contribution < 1.29 is 18.8 Å². The number of anilines is 1. The quantitative estimate of drug-likeness (QED) is 0.847. The number of amides is 2. The first-order valence-corrected chi connectivity index (χ1v) is 7.16. The second-order valence-electron chi connectivity index (χ2n) is 5.16. The van der Waals surface area contributed by atoms with Crippen molar-refractivity contribution in [2.75, 3.05) is 24.6 Å². The monoisotopic (exact) mass is 295 g/mol. The molecular weight excluding hydrogens is 274 g/mol. The maximum Gasteiger partial charge on any atom is 0.225 e. The fourth-order valence-electron chi connectivity index (χ4n) is 2.25. The molecule has 0 bridgehead atoms. The molecule has 1 aliphatic heterocycles. The highest BCUT2D eigenvalue weighted by atomic mass is 16.5. The third kappa shape index (κ3) is 4.56. The van der Waals surface area contributed by atoms with E-state index in [1.807, 2.05) is 0 Å². The summed E-state index contributed by atoms with van der Waals surface area (Å²) in [4.78, 5) is 24.9. The number of ether oxygens (including phenoxy) is 1. The minimum absolute atomic E-state index is 0.100. The van der Waals surface area contributed by atoms with Gasteiger partial charge in [0.05, 0.1) is 6.10 Å². The molecular formula is C14H21N3O4. The number of aryl methyl sites for hydroxylation is 1. The SMILES string of the molecule is CC(=O)N(CCC(=O)NCC1CCCO1)c1cc(C)on1. The van der Waals surface area contributed by atoms with Gasteiger partial charge in [-0.1, -0.05) is 5.16 Å². The Balaban J connectivity index is 1.78. The van der Waals surface area contributed by atoms with Crippen LogP contribution in [0.3, 0.4) is 0 Å². The molecule has 1 saturated heterocycles. The number of aromatic nitrogens is 1. The number of carbonyl (C=O) groups excluding carboxylic acids is 2. The van der Waals surface area contributed by atoms with E-state index in [9.17, 15) is 9.59 Å². The van der Waals surface area contributed by atoms with E-state index < -0.39 is 0 Å². The molecule has 7 heteroatoms. The van der Waals surface area contributed by atoms with E-state index >= 15 is 0 Å². The van der Waals surface area contributed by atoms with Crippen molar-refractivity contribution in [3.63, 3.8) is 0 Å². The van der Waals surface area contributed by atoms with Gasteiger partial charge >= 0.3 is 0 Å². The predicted molar refractivity (Wildman–Crippen MR) is 75.9 cm³/mol. The smallest absolute Gasteiger partial charge is 0.225 e. The second-order valence-corrected chi connectivity index (χ2v) is 5.16. The van der Waals surface area contributed by atoms with E-state index in [2.05, 4.69) is 10.5 Å². The number of hydrogen-bond acceptors (Lipinski definition) is 5. The van der Waals surface area contributed by atoms with Gasteiger partial charge in [-0.05, 0) is 19.8 Å². The van der Waals surface area contributed by atoms with E-state index in [1.54, 1.807) is 13.0 Å². The van der Waals surface area contributed by atoms with Gasteiger partial charge in [0.25, 0.3) is 0 Å². The third-order valence-electron chi connectivity index (χ3n) is 3.39. The molecule has 0 radical (unpaired) electrons. The molecule has 1 aromatic rings. The summed E-state index contributed by atoms with van der Waals surface area (Å²) in [5.41, 5.74) is 0. The van der Waals surface area contributed by atoms with Crippen LogP contribution in [-0.2, 0) is 14.3 Å². The molecule has 7 nitrogen and oxygen atoms in total. The van der Waals surface area contributed by atoms with E-state index in [0.29, 0.717) is 18.1 Å². The Hall–Kier alpha value is -1.89. The average Bonchev–Trinajstić information content (AvgIpc) is 3.08. The zero-order valence-corrected chi connectivity index (χ0v) is 12.4. The number of nitrogens with one attached hydrogen (secondary N) is 1. The highest BCUT2D eigenvalue weighted by Crippen LogP contribution is 2.14. The molecule has 0 aromatic carbocycles. The van der Waals surface area contributed by atoms with Crippen LogP contribution in [-0.4, -0.2) is 42.8 Å². The molecule has 116 valence electrons. The maximum absolute atomic E-state index is 11.8. The summed E-state index contributed by atoms with van der Waals surface area (Å²) < 4.78 is 10.4. The van der Waals surface area contributed by atoms with Gasteiger partial charge in [-0.25, -0.2) is 0 Å². The molecule has 0 saturated carbocycles. The van der Waals surface area contributed by atoms with Crippen molar-refractivity contribution in [1.82, 2.24) is 10.5 Å². The van der Waals surface area contributed by atoms with Gasteiger partial charge in [-0.2, -0.15) is 0 Å². The Morgan fingerprint density at radius 1 is 1.52 bits per heavy atom. The molecule has 21 heavy (non-hydrogen) atoms. The van der Waals surface area contributed by atoms with Gasteiger partial charge in [0, 0.05) is 39.1 Å². The molecule has 2 rings (SSSR count). The fourth-order valence-corrected chi connectivity index (χ4v) is 2.25. The van der Waals surface area contributed by atoms with Crippen molar-refractivity contribution in [3.05, 3.63) is 11.8 Å². The van der Waals surface area contributed by atoms with Crippen LogP contribution in [0.2, 0.25) is 0 Å². The first-order valence-electron chi connectivity index (χ1n) is 7.16. The molecule has 1 N–H and O–H groups in total. The molecule has 1 fully saturated rings. The van der Waals surface area contributed by atoms with Crippen molar-refractivity contribution in [2.45, 2.75) is 39.2 Å². The van der Waals surface area contributed by atoms with Gasteiger partial charge < -0.3 is 14.6 Å². The Morgan fingerprint density at radius 2 is 2.33 bits per heavy atom. The number of hydrogen-bond donors (Lipinski definition) is 1. The Kier molecular flexibility index (Phi) is 5.32. The summed E-state index contributed by atoms with van der Waals surface area (Å²) in [6.07, 6.45) is 2.37. The van der Waals surface area contributed by atoms with Crippen LogP contribution in [0.4, 0.5) is 5.82 Å². The fraction of sp³-hybridized carbons (Fsp3) is 0.643. The van der Waals surface area contributed by atoms with E-state index in [-0.39, 0.29) is 30.9 Å². The second kappa shape index (κ2) is 7.21. The summed E-state index contributed by atoms with van der Waals surface area (Å²) in [7, 11) is 0. The molecule has 0 aliphatic carbocycles. The lowest BCUT2D eigenvalue weighted by atomic mass is 10.2. The molecule has 0 spiro atoms. The van der Waals surface area contributed by atoms with Crippen LogP contribution in [0, 0.1) is 6.92 Å². The zero-order chi connectivity index (χ0) is 15.2. The average molecular weight is 295 g/mol. The predicted octanol–water partition coefficient (Wildman–Crippen LogP) is 1.02. The molecule has 1 atom stereocenters. The van der Waals surface area contributed by atoms with Crippen LogP contribution in [0.5, 0.6) is 0 Å². The topological polar surface area (TPSA) is 84.7 Å². The van der Waals surface area contributed by atoms with Crippen LogP contribution >= 0.6 is 0 Å². The highest BCUT2D eigenvalue weighted by Gasteiger charge is 2.19. The number of nitrogens with zero attached hydrogens (tertiary/aromatic N) is 2. The van der Waals surface area contributed by atoms with Gasteiger partial charge in [-0.15, -0.1) is 0 Å². The third-order valence-corrected chi connectivity index (χ3v) is 3.39. The molecule has 1 aromatic heterocycles. The summed E-state index contributed by atoms with van der Waals surface area (Å²) in [6, 6.07) is 1.67. The number of rotatable bonds is 6. The normalized spacial score (nSPS) is 17.7. The molecule has 2 amide bonds. The van der Waals surface area contributed by atoms with Crippen molar-refractivity contribution in [1.29, 1.82) is 0 Å². The molecule has 2 heterocycles. The Bertz CT molecular complexity index is 494. The van der Waals surface area contributed by atoms with Crippen LogP contribution in [0.15, 0.2) is 10.6 Å². The van der Waals surface area contributed by atoms with Gasteiger partial charge in [0.2, 0.25) is 11.8 Å². The van der Waals surface area contributed by atoms with E-state index in [4.69, 9.17) is 9.26 Å².